The highest BCUT2D eigenvalue weighted by atomic mass is 35.5. The molecule has 2 aliphatic rings. The van der Waals surface area contributed by atoms with E-state index in [1.165, 1.54) is 31.2 Å². The minimum atomic E-state index is 0.261. The molecule has 2 aromatic carbocycles. The number of anilines is 1. The van der Waals surface area contributed by atoms with E-state index >= 15 is 0 Å². The Kier molecular flexibility index (Phi) is 6.75. The molecule has 0 spiro atoms. The van der Waals surface area contributed by atoms with Crippen molar-refractivity contribution in [2.45, 2.75) is 51.0 Å². The van der Waals surface area contributed by atoms with Crippen molar-refractivity contribution in [2.75, 3.05) is 18.5 Å². The first kappa shape index (κ1) is 23.3. The molecule has 2 aromatic heterocycles. The molecule has 1 N–H and O–H groups in total. The molecule has 4 aromatic rings. The number of halogens is 1. The summed E-state index contributed by atoms with van der Waals surface area (Å²) in [6.07, 6.45) is 10.0. The Morgan fingerprint density at radius 2 is 1.69 bits per heavy atom. The molecule has 8 heteroatoms. The van der Waals surface area contributed by atoms with Gasteiger partial charge in [-0.25, -0.2) is 9.99 Å². The van der Waals surface area contributed by atoms with E-state index in [-0.39, 0.29) is 5.28 Å². The second-order valence-corrected chi connectivity index (χ2v) is 10.3. The SMILES string of the molecule is Clc1nc(NN2CCC(Cc3cccc(Oc4ccccc4)c3)CC2)c2ncn(C3CCCC3)c2n1. The van der Waals surface area contributed by atoms with Crippen LogP contribution in [0.3, 0.4) is 0 Å². The smallest absolute Gasteiger partial charge is 0.226 e. The third kappa shape index (κ3) is 5.18. The summed E-state index contributed by atoms with van der Waals surface area (Å²) in [5.74, 6) is 3.08. The fourth-order valence-electron chi connectivity index (χ4n) is 5.51. The number of imidazole rings is 1. The number of hydrogen-bond acceptors (Lipinski definition) is 6. The van der Waals surface area contributed by atoms with Crippen LogP contribution in [0.4, 0.5) is 5.82 Å². The van der Waals surface area contributed by atoms with Crippen LogP contribution in [0.15, 0.2) is 60.9 Å². The summed E-state index contributed by atoms with van der Waals surface area (Å²) in [5, 5.41) is 2.50. The van der Waals surface area contributed by atoms with Gasteiger partial charge in [0.1, 0.15) is 11.5 Å². The highest BCUT2D eigenvalue weighted by molar-refractivity contribution is 6.28. The highest BCUT2D eigenvalue weighted by Gasteiger charge is 2.24. The van der Waals surface area contributed by atoms with E-state index < -0.39 is 0 Å². The van der Waals surface area contributed by atoms with Crippen LogP contribution in [0.5, 0.6) is 11.5 Å². The van der Waals surface area contributed by atoms with Crippen molar-refractivity contribution in [1.82, 2.24) is 24.5 Å². The fourth-order valence-corrected chi connectivity index (χ4v) is 5.67. The molecule has 0 radical (unpaired) electrons. The molecule has 1 saturated carbocycles. The van der Waals surface area contributed by atoms with Gasteiger partial charge in [-0.05, 0) is 79.5 Å². The molecule has 36 heavy (non-hydrogen) atoms. The lowest BCUT2D eigenvalue weighted by molar-refractivity contribution is 0.216. The molecule has 7 nitrogen and oxygen atoms in total. The number of nitrogens with zero attached hydrogens (tertiary/aromatic N) is 5. The molecule has 6 rings (SSSR count). The van der Waals surface area contributed by atoms with Crippen LogP contribution in [0.1, 0.15) is 50.1 Å². The monoisotopic (exact) mass is 502 g/mol. The van der Waals surface area contributed by atoms with Crippen LogP contribution in [-0.4, -0.2) is 37.6 Å². The Balaban J connectivity index is 1.08. The summed E-state index contributed by atoms with van der Waals surface area (Å²) in [4.78, 5) is 13.6. The Bertz CT molecular complexity index is 1310. The zero-order valence-corrected chi connectivity index (χ0v) is 21.1. The van der Waals surface area contributed by atoms with E-state index in [1.807, 2.05) is 42.7 Å². The van der Waals surface area contributed by atoms with Crippen molar-refractivity contribution in [1.29, 1.82) is 0 Å². The topological polar surface area (TPSA) is 68.1 Å². The van der Waals surface area contributed by atoms with E-state index in [0.717, 1.165) is 55.0 Å². The number of hydrazine groups is 1. The average Bonchev–Trinajstić information content (AvgIpc) is 3.56. The van der Waals surface area contributed by atoms with Gasteiger partial charge in [0, 0.05) is 19.1 Å². The minimum absolute atomic E-state index is 0.261. The quantitative estimate of drug-likeness (QED) is 0.285. The fraction of sp³-hybridized carbons (Fsp3) is 0.393. The molecule has 1 saturated heterocycles. The maximum atomic E-state index is 6.32. The van der Waals surface area contributed by atoms with Gasteiger partial charge in [0.25, 0.3) is 0 Å². The summed E-state index contributed by atoms with van der Waals surface area (Å²) < 4.78 is 8.21. The van der Waals surface area contributed by atoms with Crippen molar-refractivity contribution in [3.63, 3.8) is 0 Å². The first-order valence-electron chi connectivity index (χ1n) is 12.9. The number of hydrogen-bond donors (Lipinski definition) is 1. The van der Waals surface area contributed by atoms with Gasteiger partial charge >= 0.3 is 0 Å². The average molecular weight is 503 g/mol. The summed E-state index contributed by atoms with van der Waals surface area (Å²) in [6.45, 7) is 1.88. The van der Waals surface area contributed by atoms with Crippen molar-refractivity contribution in [3.8, 4) is 11.5 Å². The molecule has 1 aliphatic carbocycles. The maximum Gasteiger partial charge on any atom is 0.226 e. The lowest BCUT2D eigenvalue weighted by atomic mass is 9.90. The lowest BCUT2D eigenvalue weighted by Crippen LogP contribution is -2.38. The number of para-hydroxylation sites is 1. The first-order chi connectivity index (χ1) is 17.7. The van der Waals surface area contributed by atoms with Crippen LogP contribution >= 0.6 is 11.6 Å². The van der Waals surface area contributed by atoms with E-state index in [4.69, 9.17) is 16.3 Å². The molecule has 1 aliphatic heterocycles. The molecule has 0 unspecified atom stereocenters. The van der Waals surface area contributed by atoms with Crippen molar-refractivity contribution >= 4 is 28.6 Å². The van der Waals surface area contributed by atoms with Crippen LogP contribution in [0.25, 0.3) is 11.2 Å². The van der Waals surface area contributed by atoms with Crippen molar-refractivity contribution < 1.29 is 4.74 Å². The third-order valence-electron chi connectivity index (χ3n) is 7.39. The number of nitrogens with one attached hydrogen (secondary N) is 1. The van der Waals surface area contributed by atoms with Crippen LogP contribution in [-0.2, 0) is 6.42 Å². The van der Waals surface area contributed by atoms with Gasteiger partial charge in [-0.3, -0.25) is 0 Å². The molecule has 186 valence electrons. The standard InChI is InChI=1S/C28H31ClN6O/c29-28-31-26(25-27(32-28)35(19-30-25)22-8-4-5-9-22)33-34-15-13-20(14-16-34)17-21-7-6-12-24(18-21)36-23-10-2-1-3-11-23/h1-3,6-7,10-12,18-20,22H,4-5,8-9,13-17H2,(H,31,32,33). The van der Waals surface area contributed by atoms with Gasteiger partial charge in [0.2, 0.25) is 5.28 Å². The van der Waals surface area contributed by atoms with E-state index in [1.54, 1.807) is 0 Å². The highest BCUT2D eigenvalue weighted by Crippen LogP contribution is 2.33. The predicted octanol–water partition coefficient (Wildman–Crippen LogP) is 6.67. The second-order valence-electron chi connectivity index (χ2n) is 9.91. The second kappa shape index (κ2) is 10.4. The number of aromatic nitrogens is 4. The molecule has 2 fully saturated rings. The zero-order chi connectivity index (χ0) is 24.3. The van der Waals surface area contributed by atoms with Crippen LogP contribution in [0, 0.1) is 5.92 Å². The van der Waals surface area contributed by atoms with Gasteiger partial charge in [-0.1, -0.05) is 43.2 Å². The third-order valence-corrected chi connectivity index (χ3v) is 7.56. The number of rotatable bonds is 7. The van der Waals surface area contributed by atoms with Gasteiger partial charge < -0.3 is 14.7 Å². The largest absolute Gasteiger partial charge is 0.457 e. The molecule has 3 heterocycles. The predicted molar refractivity (Wildman–Crippen MR) is 142 cm³/mol. The van der Waals surface area contributed by atoms with E-state index in [9.17, 15) is 0 Å². The number of fused-ring (bicyclic) bond motifs is 1. The summed E-state index contributed by atoms with van der Waals surface area (Å²) in [6, 6.07) is 18.9. The first-order valence-corrected chi connectivity index (χ1v) is 13.3. The zero-order valence-electron chi connectivity index (χ0n) is 20.3. The van der Waals surface area contributed by atoms with Crippen LogP contribution in [0.2, 0.25) is 5.28 Å². The van der Waals surface area contributed by atoms with Gasteiger partial charge in [0.05, 0.1) is 6.33 Å². The number of ether oxygens (including phenoxy) is 1. The molecule has 0 amide bonds. The lowest BCUT2D eigenvalue weighted by Gasteiger charge is -2.32. The van der Waals surface area contributed by atoms with Gasteiger partial charge in [0.15, 0.2) is 17.0 Å². The Morgan fingerprint density at radius 3 is 2.50 bits per heavy atom. The van der Waals surface area contributed by atoms with E-state index in [0.29, 0.717) is 17.8 Å². The number of benzene rings is 2. The summed E-state index contributed by atoms with van der Waals surface area (Å²) >= 11 is 6.32. The Morgan fingerprint density at radius 1 is 0.917 bits per heavy atom. The molecular formula is C28H31ClN6O. The van der Waals surface area contributed by atoms with Crippen LogP contribution < -0.4 is 10.2 Å². The van der Waals surface area contributed by atoms with Gasteiger partial charge in [-0.2, -0.15) is 9.97 Å². The summed E-state index contributed by atoms with van der Waals surface area (Å²) in [7, 11) is 0. The molecule has 0 atom stereocenters. The molecule has 0 bridgehead atoms. The Hall–Kier alpha value is -3.16. The maximum absolute atomic E-state index is 6.32. The molecular weight excluding hydrogens is 472 g/mol. The van der Waals surface area contributed by atoms with Gasteiger partial charge in [-0.15, -0.1) is 0 Å². The number of piperidine rings is 1. The normalized spacial score (nSPS) is 17.6. The van der Waals surface area contributed by atoms with Crippen molar-refractivity contribution in [3.05, 3.63) is 71.8 Å². The summed E-state index contributed by atoms with van der Waals surface area (Å²) in [5.41, 5.74) is 6.43. The van der Waals surface area contributed by atoms with E-state index in [2.05, 4.69) is 48.2 Å². The minimum Gasteiger partial charge on any atom is -0.457 e. The Labute approximate surface area is 216 Å². The van der Waals surface area contributed by atoms with Crippen molar-refractivity contribution in [2.24, 2.45) is 5.92 Å².